The van der Waals surface area contributed by atoms with Crippen molar-refractivity contribution >= 4 is 44.4 Å². The van der Waals surface area contributed by atoms with E-state index in [0.29, 0.717) is 17.4 Å². The van der Waals surface area contributed by atoms with Crippen LogP contribution < -0.4 is 14.4 Å². The molecule has 0 spiro atoms. The molecule has 0 unspecified atom stereocenters. The number of rotatable bonds is 8. The van der Waals surface area contributed by atoms with Crippen LogP contribution in [-0.2, 0) is 11.3 Å². The SMILES string of the molecule is COc1ccc(SCC(=O)N(Cc2ccccc2)c2nc3cc(OC)ccc3s2)cc1. The van der Waals surface area contributed by atoms with E-state index in [1.165, 1.54) is 23.1 Å². The molecule has 0 bridgehead atoms. The monoisotopic (exact) mass is 450 g/mol. The predicted molar refractivity (Wildman–Crippen MR) is 128 cm³/mol. The highest BCUT2D eigenvalue weighted by atomic mass is 32.2. The number of amides is 1. The van der Waals surface area contributed by atoms with Crippen molar-refractivity contribution in [2.75, 3.05) is 24.9 Å². The lowest BCUT2D eigenvalue weighted by molar-refractivity contribution is -0.116. The van der Waals surface area contributed by atoms with E-state index in [1.807, 2.05) is 72.8 Å². The van der Waals surface area contributed by atoms with Gasteiger partial charge in [0.1, 0.15) is 11.5 Å². The zero-order valence-electron chi connectivity index (χ0n) is 17.3. The third-order valence-electron chi connectivity index (χ3n) is 4.72. The number of hydrogen-bond donors (Lipinski definition) is 0. The highest BCUT2D eigenvalue weighted by Crippen LogP contribution is 2.33. The summed E-state index contributed by atoms with van der Waals surface area (Å²) in [5, 5.41) is 0.687. The number of hydrogen-bond acceptors (Lipinski definition) is 6. The first kappa shape index (κ1) is 21.2. The zero-order valence-corrected chi connectivity index (χ0v) is 18.9. The van der Waals surface area contributed by atoms with Gasteiger partial charge in [0.2, 0.25) is 5.91 Å². The van der Waals surface area contributed by atoms with Gasteiger partial charge in [-0.2, -0.15) is 0 Å². The number of carbonyl (C=O) groups excluding carboxylic acids is 1. The van der Waals surface area contributed by atoms with Crippen molar-refractivity contribution in [1.82, 2.24) is 4.98 Å². The van der Waals surface area contributed by atoms with Crippen LogP contribution >= 0.6 is 23.1 Å². The Labute approximate surface area is 189 Å². The minimum Gasteiger partial charge on any atom is -0.497 e. The van der Waals surface area contributed by atoms with Crippen LogP contribution in [0.2, 0.25) is 0 Å². The number of nitrogens with zero attached hydrogens (tertiary/aromatic N) is 2. The number of methoxy groups -OCH3 is 2. The first-order chi connectivity index (χ1) is 15.2. The lowest BCUT2D eigenvalue weighted by Gasteiger charge is -2.20. The number of fused-ring (bicyclic) bond motifs is 1. The maximum Gasteiger partial charge on any atom is 0.239 e. The largest absolute Gasteiger partial charge is 0.497 e. The number of ether oxygens (including phenoxy) is 2. The number of thiazole rings is 1. The van der Waals surface area contributed by atoms with Gasteiger partial charge in [-0.15, -0.1) is 11.8 Å². The number of anilines is 1. The van der Waals surface area contributed by atoms with Crippen LogP contribution in [0.3, 0.4) is 0 Å². The third kappa shape index (κ3) is 5.18. The molecule has 3 aromatic carbocycles. The van der Waals surface area contributed by atoms with Crippen LogP contribution in [0.4, 0.5) is 5.13 Å². The fraction of sp³-hybridized carbons (Fsp3) is 0.167. The highest BCUT2D eigenvalue weighted by Gasteiger charge is 2.20. The van der Waals surface area contributed by atoms with Gasteiger partial charge >= 0.3 is 0 Å². The Morgan fingerprint density at radius 1 is 0.968 bits per heavy atom. The second-order valence-corrected chi connectivity index (χ2v) is 8.82. The maximum absolute atomic E-state index is 13.3. The molecule has 0 aliphatic heterocycles. The Hall–Kier alpha value is -3.03. The second-order valence-electron chi connectivity index (χ2n) is 6.76. The molecule has 0 fully saturated rings. The quantitative estimate of drug-likeness (QED) is 0.325. The van der Waals surface area contributed by atoms with Crippen molar-refractivity contribution in [2.24, 2.45) is 0 Å². The topological polar surface area (TPSA) is 51.7 Å². The fourth-order valence-corrected chi connectivity index (χ4v) is 4.80. The molecule has 5 nitrogen and oxygen atoms in total. The van der Waals surface area contributed by atoms with Crippen molar-refractivity contribution in [3.8, 4) is 11.5 Å². The van der Waals surface area contributed by atoms with Crippen LogP contribution in [0.15, 0.2) is 77.7 Å². The van der Waals surface area contributed by atoms with Gasteiger partial charge < -0.3 is 9.47 Å². The summed E-state index contributed by atoms with van der Waals surface area (Å²) in [7, 11) is 3.27. The van der Waals surface area contributed by atoms with Crippen molar-refractivity contribution in [2.45, 2.75) is 11.4 Å². The summed E-state index contributed by atoms with van der Waals surface area (Å²) in [4.78, 5) is 20.8. The first-order valence-electron chi connectivity index (χ1n) is 9.72. The van der Waals surface area contributed by atoms with E-state index in [0.717, 1.165) is 32.2 Å². The molecule has 4 rings (SSSR count). The summed E-state index contributed by atoms with van der Waals surface area (Å²) >= 11 is 3.02. The minimum atomic E-state index is 0.00990. The summed E-state index contributed by atoms with van der Waals surface area (Å²) < 4.78 is 11.5. The van der Waals surface area contributed by atoms with Gasteiger partial charge in [0.25, 0.3) is 0 Å². The van der Waals surface area contributed by atoms with E-state index in [4.69, 9.17) is 14.5 Å². The lowest BCUT2D eigenvalue weighted by Crippen LogP contribution is -2.31. The van der Waals surface area contributed by atoms with Crippen LogP contribution in [0, 0.1) is 0 Å². The Balaban J connectivity index is 1.58. The lowest BCUT2D eigenvalue weighted by atomic mass is 10.2. The fourth-order valence-electron chi connectivity index (χ4n) is 3.06. The average molecular weight is 451 g/mol. The van der Waals surface area contributed by atoms with E-state index in [1.54, 1.807) is 19.1 Å². The van der Waals surface area contributed by atoms with Gasteiger partial charge in [-0.25, -0.2) is 4.98 Å². The molecule has 4 aromatic rings. The molecule has 0 N–H and O–H groups in total. The molecule has 0 atom stereocenters. The van der Waals surface area contributed by atoms with Crippen molar-refractivity contribution in [3.63, 3.8) is 0 Å². The molecule has 0 aliphatic rings. The average Bonchev–Trinajstić information content (AvgIpc) is 3.25. The van der Waals surface area contributed by atoms with Crippen LogP contribution in [0.1, 0.15) is 5.56 Å². The van der Waals surface area contributed by atoms with Crippen molar-refractivity contribution in [1.29, 1.82) is 0 Å². The number of carbonyl (C=O) groups is 1. The summed E-state index contributed by atoms with van der Waals surface area (Å²) in [6.45, 7) is 0.472. The van der Waals surface area contributed by atoms with Gasteiger partial charge in [0, 0.05) is 11.0 Å². The van der Waals surface area contributed by atoms with E-state index in [-0.39, 0.29) is 5.91 Å². The van der Waals surface area contributed by atoms with Gasteiger partial charge in [0.15, 0.2) is 5.13 Å². The second kappa shape index (κ2) is 9.85. The Morgan fingerprint density at radius 2 is 1.68 bits per heavy atom. The molecule has 1 heterocycles. The van der Waals surface area contributed by atoms with Crippen molar-refractivity contribution < 1.29 is 14.3 Å². The summed E-state index contributed by atoms with van der Waals surface area (Å²) in [5.41, 5.74) is 1.88. The molecule has 1 amide bonds. The van der Waals surface area contributed by atoms with Gasteiger partial charge in [-0.1, -0.05) is 41.7 Å². The van der Waals surface area contributed by atoms with Crippen LogP contribution in [-0.4, -0.2) is 30.9 Å². The molecule has 158 valence electrons. The number of aromatic nitrogens is 1. The summed E-state index contributed by atoms with van der Waals surface area (Å²) in [6.07, 6.45) is 0. The Bertz CT molecular complexity index is 1160. The molecule has 0 saturated carbocycles. The smallest absolute Gasteiger partial charge is 0.239 e. The van der Waals surface area contributed by atoms with Crippen LogP contribution in [0.25, 0.3) is 10.2 Å². The molecule has 31 heavy (non-hydrogen) atoms. The Morgan fingerprint density at radius 3 is 2.39 bits per heavy atom. The van der Waals surface area contributed by atoms with Crippen LogP contribution in [0.5, 0.6) is 11.5 Å². The number of benzene rings is 3. The highest BCUT2D eigenvalue weighted by molar-refractivity contribution is 8.00. The van der Waals surface area contributed by atoms with Crippen molar-refractivity contribution in [3.05, 3.63) is 78.4 Å². The maximum atomic E-state index is 13.3. The minimum absolute atomic E-state index is 0.00990. The molecule has 0 aliphatic carbocycles. The van der Waals surface area contributed by atoms with E-state index >= 15 is 0 Å². The molecule has 7 heteroatoms. The zero-order chi connectivity index (χ0) is 21.6. The van der Waals surface area contributed by atoms with E-state index in [9.17, 15) is 4.79 Å². The standard InChI is InChI=1S/C24H22N2O3S2/c1-28-18-8-11-20(12-9-18)30-16-23(27)26(15-17-6-4-3-5-7-17)24-25-21-14-19(29-2)10-13-22(21)31-24/h3-14H,15-16H2,1-2H3. The molecule has 0 saturated heterocycles. The first-order valence-corrected chi connectivity index (χ1v) is 11.5. The van der Waals surface area contributed by atoms with E-state index in [2.05, 4.69) is 0 Å². The van der Waals surface area contributed by atoms with Gasteiger partial charge in [0.05, 0.1) is 36.7 Å². The van der Waals surface area contributed by atoms with Gasteiger partial charge in [-0.3, -0.25) is 9.69 Å². The predicted octanol–water partition coefficient (Wildman–Crippen LogP) is 5.64. The normalized spacial score (nSPS) is 10.8. The molecular formula is C24H22N2O3S2. The number of thioether (sulfide) groups is 1. The molecular weight excluding hydrogens is 428 g/mol. The van der Waals surface area contributed by atoms with E-state index < -0.39 is 0 Å². The van der Waals surface area contributed by atoms with Gasteiger partial charge in [-0.05, 0) is 42.0 Å². The Kier molecular flexibility index (Phi) is 6.74. The summed E-state index contributed by atoms with van der Waals surface area (Å²) in [5.74, 6) is 1.88. The molecule has 1 aromatic heterocycles. The third-order valence-corrected chi connectivity index (χ3v) is 6.78. The summed E-state index contributed by atoms with van der Waals surface area (Å²) in [6, 6.07) is 23.5. The molecule has 0 radical (unpaired) electrons.